The molecule has 30 heavy (non-hydrogen) atoms. The first kappa shape index (κ1) is 19.5. The quantitative estimate of drug-likeness (QED) is 0.425. The Balaban J connectivity index is 1.74. The average molecular weight is 396 g/mol. The standard InChI is InChI=1S/C25H25N5/c1-4-18(15-30(5-2)20-9-7-6-8-10-20)21-12-11-19(13-17(21)3)22-14-27-25-23(22)24(26)28-16-29-25/h5-16H,2,4H2,1,3H3,(H3,26,27,28,29)/b18-15-. The molecule has 0 spiro atoms. The van der Waals surface area contributed by atoms with Gasteiger partial charge in [0.2, 0.25) is 0 Å². The predicted molar refractivity (Wildman–Crippen MR) is 126 cm³/mol. The Labute approximate surface area is 176 Å². The molecule has 5 nitrogen and oxygen atoms in total. The summed E-state index contributed by atoms with van der Waals surface area (Å²) in [7, 11) is 0. The smallest absolute Gasteiger partial charge is 0.143 e. The lowest BCUT2D eigenvalue weighted by Gasteiger charge is -2.19. The molecule has 0 saturated heterocycles. The highest BCUT2D eigenvalue weighted by atomic mass is 15.1. The van der Waals surface area contributed by atoms with Crippen molar-refractivity contribution < 1.29 is 0 Å². The van der Waals surface area contributed by atoms with Gasteiger partial charge in [-0.05, 0) is 47.7 Å². The summed E-state index contributed by atoms with van der Waals surface area (Å²) in [6, 6.07) is 16.7. The number of nitrogens with one attached hydrogen (secondary N) is 1. The van der Waals surface area contributed by atoms with Gasteiger partial charge in [0.1, 0.15) is 17.8 Å². The summed E-state index contributed by atoms with van der Waals surface area (Å²) >= 11 is 0. The third-order valence-corrected chi connectivity index (χ3v) is 5.31. The van der Waals surface area contributed by atoms with Gasteiger partial charge in [0, 0.05) is 29.8 Å². The van der Waals surface area contributed by atoms with Crippen LogP contribution in [0.15, 0.2) is 80.0 Å². The minimum atomic E-state index is 0.483. The number of H-pyrrole nitrogens is 1. The molecule has 0 bridgehead atoms. The van der Waals surface area contributed by atoms with Crippen molar-refractivity contribution in [3.05, 3.63) is 91.2 Å². The second-order valence-electron chi connectivity index (χ2n) is 7.15. The summed E-state index contributed by atoms with van der Waals surface area (Å²) in [4.78, 5) is 13.7. The van der Waals surface area contributed by atoms with Gasteiger partial charge in [0.05, 0.1) is 5.39 Å². The first-order chi connectivity index (χ1) is 14.6. The first-order valence-corrected chi connectivity index (χ1v) is 9.98. The first-order valence-electron chi connectivity index (χ1n) is 9.98. The van der Waals surface area contributed by atoms with Crippen molar-refractivity contribution in [2.75, 3.05) is 10.6 Å². The van der Waals surface area contributed by atoms with Crippen LogP contribution in [0.1, 0.15) is 24.5 Å². The number of anilines is 2. The largest absolute Gasteiger partial charge is 0.383 e. The Morgan fingerprint density at radius 1 is 1.17 bits per heavy atom. The number of fused-ring (bicyclic) bond motifs is 1. The summed E-state index contributed by atoms with van der Waals surface area (Å²) < 4.78 is 0. The molecule has 4 rings (SSSR count). The molecule has 0 aliphatic rings. The van der Waals surface area contributed by atoms with E-state index in [0.29, 0.717) is 5.82 Å². The number of hydrogen-bond acceptors (Lipinski definition) is 4. The SMILES string of the molecule is C=CN(/C=C(/CC)c1ccc(-c2c[nH]c3ncnc(N)c23)cc1C)c1ccccc1. The van der Waals surface area contributed by atoms with E-state index in [1.54, 1.807) is 0 Å². The number of aromatic nitrogens is 3. The maximum Gasteiger partial charge on any atom is 0.143 e. The lowest BCUT2D eigenvalue weighted by atomic mass is 9.95. The fourth-order valence-corrected chi connectivity index (χ4v) is 3.76. The molecule has 0 atom stereocenters. The zero-order chi connectivity index (χ0) is 21.1. The van der Waals surface area contributed by atoms with Crippen LogP contribution in [0.2, 0.25) is 0 Å². The molecule has 150 valence electrons. The van der Waals surface area contributed by atoms with Crippen molar-refractivity contribution >= 4 is 28.1 Å². The molecule has 2 aromatic heterocycles. The van der Waals surface area contributed by atoms with Crippen molar-refractivity contribution in [2.24, 2.45) is 0 Å². The lowest BCUT2D eigenvalue weighted by Crippen LogP contribution is -2.07. The van der Waals surface area contributed by atoms with Gasteiger partial charge in [-0.1, -0.05) is 49.9 Å². The highest BCUT2D eigenvalue weighted by Gasteiger charge is 2.13. The van der Waals surface area contributed by atoms with Gasteiger partial charge >= 0.3 is 0 Å². The van der Waals surface area contributed by atoms with E-state index in [-0.39, 0.29) is 0 Å². The van der Waals surface area contributed by atoms with Crippen molar-refractivity contribution in [3.8, 4) is 11.1 Å². The number of aromatic amines is 1. The molecule has 0 amide bonds. The van der Waals surface area contributed by atoms with Gasteiger partial charge < -0.3 is 15.6 Å². The molecule has 0 aliphatic carbocycles. The highest BCUT2D eigenvalue weighted by molar-refractivity contribution is 6.00. The number of nitrogens with two attached hydrogens (primary N) is 1. The van der Waals surface area contributed by atoms with Gasteiger partial charge in [-0.2, -0.15) is 0 Å². The van der Waals surface area contributed by atoms with Crippen LogP contribution in [0.4, 0.5) is 11.5 Å². The van der Waals surface area contributed by atoms with Crippen LogP contribution >= 0.6 is 0 Å². The van der Waals surface area contributed by atoms with Gasteiger partial charge in [-0.25, -0.2) is 9.97 Å². The second-order valence-corrected chi connectivity index (χ2v) is 7.15. The fourth-order valence-electron chi connectivity index (χ4n) is 3.76. The average Bonchev–Trinajstić information content (AvgIpc) is 3.21. The van der Waals surface area contributed by atoms with Crippen molar-refractivity contribution in [1.82, 2.24) is 15.0 Å². The maximum atomic E-state index is 6.11. The number of allylic oxidation sites excluding steroid dienone is 1. The number of aryl methyl sites for hydroxylation is 1. The topological polar surface area (TPSA) is 70.8 Å². The molecule has 4 aromatic rings. The molecular formula is C25H25N5. The maximum absolute atomic E-state index is 6.11. The molecule has 0 saturated carbocycles. The molecule has 2 aromatic carbocycles. The number of hydrogen-bond donors (Lipinski definition) is 2. The number of para-hydroxylation sites is 1. The van der Waals surface area contributed by atoms with Gasteiger partial charge in [-0.3, -0.25) is 0 Å². The summed E-state index contributed by atoms with van der Waals surface area (Å²) in [5.74, 6) is 0.483. The molecule has 5 heteroatoms. The summed E-state index contributed by atoms with van der Waals surface area (Å²) in [5, 5.41) is 0.859. The Kier molecular flexibility index (Phi) is 5.35. The predicted octanol–water partition coefficient (Wildman–Crippen LogP) is 5.92. The molecule has 0 radical (unpaired) electrons. The molecular weight excluding hydrogens is 370 g/mol. The zero-order valence-electron chi connectivity index (χ0n) is 17.3. The van der Waals surface area contributed by atoms with E-state index in [4.69, 9.17) is 5.73 Å². The molecule has 0 unspecified atom stereocenters. The second kappa shape index (κ2) is 8.25. The Hall–Kier alpha value is -3.86. The number of rotatable bonds is 6. The van der Waals surface area contributed by atoms with Crippen molar-refractivity contribution in [1.29, 1.82) is 0 Å². The van der Waals surface area contributed by atoms with Crippen LogP contribution in [0.25, 0.3) is 27.7 Å². The normalized spacial score (nSPS) is 11.6. The van der Waals surface area contributed by atoms with Gasteiger partial charge in [0.25, 0.3) is 0 Å². The summed E-state index contributed by atoms with van der Waals surface area (Å²) in [6.07, 6.45) is 8.31. The van der Waals surface area contributed by atoms with E-state index in [9.17, 15) is 0 Å². The van der Waals surface area contributed by atoms with Crippen LogP contribution in [0.5, 0.6) is 0 Å². The molecule has 2 heterocycles. The Bertz CT molecular complexity index is 1220. The molecule has 0 aliphatic heterocycles. The van der Waals surface area contributed by atoms with E-state index < -0.39 is 0 Å². The Morgan fingerprint density at radius 3 is 2.67 bits per heavy atom. The third-order valence-electron chi connectivity index (χ3n) is 5.31. The zero-order valence-corrected chi connectivity index (χ0v) is 17.3. The van der Waals surface area contributed by atoms with Crippen LogP contribution in [0.3, 0.4) is 0 Å². The minimum Gasteiger partial charge on any atom is -0.383 e. The number of benzene rings is 2. The van der Waals surface area contributed by atoms with E-state index in [1.807, 2.05) is 30.6 Å². The van der Waals surface area contributed by atoms with E-state index >= 15 is 0 Å². The summed E-state index contributed by atoms with van der Waals surface area (Å²) in [6.45, 7) is 8.29. The molecule has 3 N–H and O–H groups in total. The molecule has 0 fully saturated rings. The fraction of sp³-hybridized carbons (Fsp3) is 0.120. The van der Waals surface area contributed by atoms with Crippen molar-refractivity contribution in [3.63, 3.8) is 0 Å². The van der Waals surface area contributed by atoms with Crippen LogP contribution in [0, 0.1) is 6.92 Å². The monoisotopic (exact) mass is 395 g/mol. The van der Waals surface area contributed by atoms with E-state index in [1.165, 1.54) is 23.0 Å². The minimum absolute atomic E-state index is 0.483. The number of nitrogens with zero attached hydrogens (tertiary/aromatic N) is 3. The van der Waals surface area contributed by atoms with Gasteiger partial charge in [-0.15, -0.1) is 0 Å². The van der Waals surface area contributed by atoms with Gasteiger partial charge in [0.15, 0.2) is 0 Å². The van der Waals surface area contributed by atoms with Crippen LogP contribution < -0.4 is 10.6 Å². The van der Waals surface area contributed by atoms with Crippen LogP contribution in [-0.4, -0.2) is 15.0 Å². The Morgan fingerprint density at radius 2 is 1.97 bits per heavy atom. The van der Waals surface area contributed by atoms with Crippen molar-refractivity contribution in [2.45, 2.75) is 20.3 Å². The van der Waals surface area contributed by atoms with E-state index in [2.05, 4.69) is 76.8 Å². The summed E-state index contributed by atoms with van der Waals surface area (Å²) in [5.41, 5.74) is 13.7. The lowest BCUT2D eigenvalue weighted by molar-refractivity contribution is 1.19. The highest BCUT2D eigenvalue weighted by Crippen LogP contribution is 2.33. The van der Waals surface area contributed by atoms with Crippen LogP contribution in [-0.2, 0) is 0 Å². The number of nitrogen functional groups attached to an aromatic ring is 1. The third kappa shape index (κ3) is 3.57. The van der Waals surface area contributed by atoms with E-state index in [0.717, 1.165) is 34.3 Å².